The molecule has 4 nitrogen and oxygen atoms in total. The molecule has 108 valence electrons. The number of rotatable bonds is 1. The van der Waals surface area contributed by atoms with Crippen molar-refractivity contribution < 1.29 is 9.90 Å². The smallest absolute Gasteiger partial charge is 0.258 e. The number of para-hydroxylation sites is 1. The maximum atomic E-state index is 12.7. The number of hydrogen-bond acceptors (Lipinski definition) is 3. The molecule has 4 heteroatoms. The van der Waals surface area contributed by atoms with Gasteiger partial charge < -0.3 is 15.7 Å². The number of fused-ring (bicyclic) bond motifs is 1. The number of carbonyl (C=O) groups is 1. The van der Waals surface area contributed by atoms with E-state index >= 15 is 0 Å². The number of benzene rings is 2. The zero-order valence-electron chi connectivity index (χ0n) is 11.7. The van der Waals surface area contributed by atoms with Gasteiger partial charge >= 0.3 is 0 Å². The van der Waals surface area contributed by atoms with Crippen molar-refractivity contribution in [3.8, 4) is 5.75 Å². The molecule has 0 aromatic heterocycles. The molecule has 0 spiro atoms. The lowest BCUT2D eigenvalue weighted by Crippen LogP contribution is -2.31. The summed E-state index contributed by atoms with van der Waals surface area (Å²) in [4.78, 5) is 14.5. The number of anilines is 1. The van der Waals surface area contributed by atoms with Crippen LogP contribution in [0.2, 0.25) is 0 Å². The highest BCUT2D eigenvalue weighted by molar-refractivity contribution is 6.06. The summed E-state index contributed by atoms with van der Waals surface area (Å²) in [5.41, 5.74) is 8.67. The van der Waals surface area contributed by atoms with Gasteiger partial charge in [0.25, 0.3) is 5.91 Å². The average Bonchev–Trinajstić information content (AvgIpc) is 2.67. The molecule has 3 N–H and O–H groups in total. The molecule has 1 heterocycles. The molecule has 1 atom stereocenters. The van der Waals surface area contributed by atoms with Gasteiger partial charge in [-0.2, -0.15) is 0 Å². The molecule has 1 unspecified atom stereocenters. The number of carbonyl (C=O) groups excluding carboxylic acids is 1. The fourth-order valence-electron chi connectivity index (χ4n) is 2.76. The van der Waals surface area contributed by atoms with Crippen LogP contribution in [0.15, 0.2) is 48.5 Å². The van der Waals surface area contributed by atoms with Gasteiger partial charge in [-0.15, -0.1) is 0 Å². The van der Waals surface area contributed by atoms with Crippen LogP contribution in [0.4, 0.5) is 5.69 Å². The highest BCUT2D eigenvalue weighted by Crippen LogP contribution is 2.32. The summed E-state index contributed by atoms with van der Waals surface area (Å²) in [6.07, 6.45) is 1.75. The summed E-state index contributed by atoms with van der Waals surface area (Å²) in [7, 11) is 0. The van der Waals surface area contributed by atoms with Crippen molar-refractivity contribution in [2.75, 3.05) is 11.4 Å². The van der Waals surface area contributed by atoms with E-state index in [0.29, 0.717) is 12.1 Å². The van der Waals surface area contributed by atoms with E-state index in [1.807, 2.05) is 24.3 Å². The van der Waals surface area contributed by atoms with Gasteiger partial charge in [0.2, 0.25) is 0 Å². The summed E-state index contributed by atoms with van der Waals surface area (Å²) in [6.45, 7) is 0.657. The number of amides is 1. The monoisotopic (exact) mass is 282 g/mol. The second-order valence-corrected chi connectivity index (χ2v) is 5.31. The minimum absolute atomic E-state index is 0.0289. The first-order chi connectivity index (χ1) is 10.2. The molecule has 1 aliphatic heterocycles. The third kappa shape index (κ3) is 2.62. The Labute approximate surface area is 123 Å². The molecule has 1 aliphatic rings. The normalized spacial score (nSPS) is 18.0. The van der Waals surface area contributed by atoms with Crippen LogP contribution >= 0.6 is 0 Å². The number of aromatic hydroxyl groups is 1. The van der Waals surface area contributed by atoms with Crippen LogP contribution in [0.5, 0.6) is 5.75 Å². The van der Waals surface area contributed by atoms with Crippen LogP contribution < -0.4 is 10.6 Å². The standard InChI is InChI=1S/C17H18N2O2/c18-15-5-3-11-19(16-6-2-1-4-14(15)16)17(21)12-7-9-13(20)10-8-12/h1-2,4,6-10,15,20H,3,5,11,18H2. The predicted octanol–water partition coefficient (Wildman–Crippen LogP) is 2.83. The first-order valence-corrected chi connectivity index (χ1v) is 7.12. The van der Waals surface area contributed by atoms with E-state index in [-0.39, 0.29) is 17.7 Å². The van der Waals surface area contributed by atoms with Crippen molar-refractivity contribution in [2.24, 2.45) is 5.73 Å². The van der Waals surface area contributed by atoms with Crippen molar-refractivity contribution in [3.63, 3.8) is 0 Å². The zero-order chi connectivity index (χ0) is 14.8. The Morgan fingerprint density at radius 1 is 1.14 bits per heavy atom. The van der Waals surface area contributed by atoms with Gasteiger partial charge in [-0.1, -0.05) is 18.2 Å². The van der Waals surface area contributed by atoms with Crippen molar-refractivity contribution in [3.05, 3.63) is 59.7 Å². The summed E-state index contributed by atoms with van der Waals surface area (Å²) in [6, 6.07) is 14.1. The Bertz CT molecular complexity index is 652. The summed E-state index contributed by atoms with van der Waals surface area (Å²) < 4.78 is 0. The molecular weight excluding hydrogens is 264 g/mol. The molecule has 1 amide bonds. The number of phenols is 1. The molecular formula is C17H18N2O2. The molecule has 0 saturated heterocycles. The van der Waals surface area contributed by atoms with Gasteiger partial charge in [0.1, 0.15) is 5.75 Å². The van der Waals surface area contributed by atoms with E-state index in [2.05, 4.69) is 0 Å². The number of nitrogens with two attached hydrogens (primary N) is 1. The van der Waals surface area contributed by atoms with Crippen molar-refractivity contribution in [2.45, 2.75) is 18.9 Å². The predicted molar refractivity (Wildman–Crippen MR) is 82.4 cm³/mol. The number of hydrogen-bond donors (Lipinski definition) is 2. The fraction of sp³-hybridized carbons (Fsp3) is 0.235. The summed E-state index contributed by atoms with van der Waals surface area (Å²) in [5.74, 6) is 0.0985. The van der Waals surface area contributed by atoms with Crippen molar-refractivity contribution in [1.82, 2.24) is 0 Å². The third-order valence-electron chi connectivity index (χ3n) is 3.88. The van der Waals surface area contributed by atoms with Crippen LogP contribution in [0.1, 0.15) is 34.8 Å². The van der Waals surface area contributed by atoms with Crippen LogP contribution in [0.3, 0.4) is 0 Å². The molecule has 0 saturated carbocycles. The second-order valence-electron chi connectivity index (χ2n) is 5.31. The minimum Gasteiger partial charge on any atom is -0.508 e. The first-order valence-electron chi connectivity index (χ1n) is 7.12. The topological polar surface area (TPSA) is 66.6 Å². The number of nitrogens with zero attached hydrogens (tertiary/aromatic N) is 1. The van der Waals surface area contributed by atoms with Gasteiger partial charge in [-0.05, 0) is 48.7 Å². The average molecular weight is 282 g/mol. The van der Waals surface area contributed by atoms with Gasteiger partial charge in [-0.3, -0.25) is 4.79 Å². The first kappa shape index (κ1) is 13.6. The van der Waals surface area contributed by atoms with Gasteiger partial charge in [0.05, 0.1) is 0 Å². The Balaban J connectivity index is 1.99. The van der Waals surface area contributed by atoms with E-state index in [1.165, 1.54) is 12.1 Å². The van der Waals surface area contributed by atoms with Crippen LogP contribution in [-0.2, 0) is 0 Å². The highest BCUT2D eigenvalue weighted by atomic mass is 16.3. The minimum atomic E-state index is -0.0587. The highest BCUT2D eigenvalue weighted by Gasteiger charge is 2.25. The van der Waals surface area contributed by atoms with Gasteiger partial charge in [0, 0.05) is 23.8 Å². The van der Waals surface area contributed by atoms with Gasteiger partial charge in [-0.25, -0.2) is 0 Å². The fourth-order valence-corrected chi connectivity index (χ4v) is 2.76. The van der Waals surface area contributed by atoms with E-state index in [1.54, 1.807) is 17.0 Å². The Hall–Kier alpha value is -2.33. The quantitative estimate of drug-likeness (QED) is 0.845. The van der Waals surface area contributed by atoms with Crippen LogP contribution in [0, 0.1) is 0 Å². The van der Waals surface area contributed by atoms with E-state index in [0.717, 1.165) is 24.1 Å². The van der Waals surface area contributed by atoms with E-state index < -0.39 is 0 Å². The largest absolute Gasteiger partial charge is 0.508 e. The SMILES string of the molecule is NC1CCCN(C(=O)c2ccc(O)cc2)c2ccccc21. The second kappa shape index (κ2) is 5.58. The molecule has 0 aliphatic carbocycles. The van der Waals surface area contributed by atoms with E-state index in [4.69, 9.17) is 5.73 Å². The maximum absolute atomic E-state index is 12.7. The molecule has 2 aromatic carbocycles. The number of phenolic OH excluding ortho intramolecular Hbond substituents is 1. The Morgan fingerprint density at radius 2 is 1.86 bits per heavy atom. The lowest BCUT2D eigenvalue weighted by Gasteiger charge is -2.23. The van der Waals surface area contributed by atoms with E-state index in [9.17, 15) is 9.90 Å². The van der Waals surface area contributed by atoms with Crippen LogP contribution in [0.25, 0.3) is 0 Å². The molecule has 21 heavy (non-hydrogen) atoms. The molecule has 0 fully saturated rings. The van der Waals surface area contributed by atoms with Crippen molar-refractivity contribution >= 4 is 11.6 Å². The molecule has 0 radical (unpaired) electrons. The Morgan fingerprint density at radius 3 is 2.62 bits per heavy atom. The lowest BCUT2D eigenvalue weighted by atomic mass is 10.0. The van der Waals surface area contributed by atoms with Gasteiger partial charge in [0.15, 0.2) is 0 Å². The lowest BCUT2D eigenvalue weighted by molar-refractivity contribution is 0.0987. The van der Waals surface area contributed by atoms with Crippen molar-refractivity contribution in [1.29, 1.82) is 0 Å². The maximum Gasteiger partial charge on any atom is 0.258 e. The molecule has 0 bridgehead atoms. The molecule has 2 aromatic rings. The molecule has 3 rings (SSSR count). The third-order valence-corrected chi connectivity index (χ3v) is 3.88. The Kier molecular flexibility index (Phi) is 3.62. The summed E-state index contributed by atoms with van der Waals surface area (Å²) >= 11 is 0. The summed E-state index contributed by atoms with van der Waals surface area (Å²) in [5, 5.41) is 9.34. The van der Waals surface area contributed by atoms with Crippen LogP contribution in [-0.4, -0.2) is 17.6 Å². The zero-order valence-corrected chi connectivity index (χ0v) is 11.7.